The number of anilines is 2. The molecular formula is C19H18ClF3N4O3. The van der Waals surface area contributed by atoms with E-state index in [1.165, 1.54) is 24.2 Å². The number of hydrogen-bond donors (Lipinski definition) is 2. The van der Waals surface area contributed by atoms with Gasteiger partial charge >= 0.3 is 18.1 Å². The maximum atomic E-state index is 12.2. The van der Waals surface area contributed by atoms with Crippen molar-refractivity contribution >= 4 is 35.2 Å². The molecule has 1 aliphatic heterocycles. The van der Waals surface area contributed by atoms with E-state index in [0.717, 1.165) is 25.2 Å². The summed E-state index contributed by atoms with van der Waals surface area (Å²) in [6.07, 6.45) is -3.00. The second kappa shape index (κ2) is 8.97. The van der Waals surface area contributed by atoms with Gasteiger partial charge in [-0.3, -0.25) is 4.79 Å². The van der Waals surface area contributed by atoms with Gasteiger partial charge in [-0.2, -0.15) is 13.2 Å². The monoisotopic (exact) mass is 442 g/mol. The number of nitrogens with one attached hydrogen (secondary N) is 2. The molecule has 0 amide bonds. The molecule has 1 aromatic heterocycles. The maximum Gasteiger partial charge on any atom is 0.491 e. The van der Waals surface area contributed by atoms with Crippen LogP contribution in [0.2, 0.25) is 5.15 Å². The highest BCUT2D eigenvalue weighted by atomic mass is 35.5. The molecular weight excluding hydrogens is 425 g/mol. The predicted octanol–water partition coefficient (Wildman–Crippen LogP) is 3.33. The SMILES string of the molecule is CC(Cc1cnc(Nc2ccc3c(c2)CNCC3)nc1Cl)C(=O)OC(=O)C(F)(F)F. The van der Waals surface area contributed by atoms with Crippen LogP contribution >= 0.6 is 11.6 Å². The summed E-state index contributed by atoms with van der Waals surface area (Å²) in [6.45, 7) is 3.03. The Morgan fingerprint density at radius 1 is 1.33 bits per heavy atom. The van der Waals surface area contributed by atoms with Crippen molar-refractivity contribution in [1.82, 2.24) is 15.3 Å². The van der Waals surface area contributed by atoms with Gasteiger partial charge in [0.05, 0.1) is 5.92 Å². The van der Waals surface area contributed by atoms with Gasteiger partial charge in [0.2, 0.25) is 5.95 Å². The minimum Gasteiger partial charge on any atom is -0.386 e. The highest BCUT2D eigenvalue weighted by Gasteiger charge is 2.43. The number of carbonyl (C=O) groups is 2. The van der Waals surface area contributed by atoms with Gasteiger partial charge in [0.25, 0.3) is 0 Å². The molecule has 1 atom stereocenters. The Labute approximate surface area is 175 Å². The van der Waals surface area contributed by atoms with Crippen LogP contribution in [0.5, 0.6) is 0 Å². The summed E-state index contributed by atoms with van der Waals surface area (Å²) in [5.41, 5.74) is 3.57. The van der Waals surface area contributed by atoms with Gasteiger partial charge < -0.3 is 15.4 Å². The second-order valence-corrected chi connectivity index (χ2v) is 7.21. The third-order valence-corrected chi connectivity index (χ3v) is 4.84. The van der Waals surface area contributed by atoms with E-state index in [2.05, 4.69) is 25.3 Å². The van der Waals surface area contributed by atoms with E-state index in [1.807, 2.05) is 18.2 Å². The smallest absolute Gasteiger partial charge is 0.386 e. The van der Waals surface area contributed by atoms with E-state index in [9.17, 15) is 22.8 Å². The fraction of sp³-hybridized carbons (Fsp3) is 0.368. The Bertz CT molecular complexity index is 969. The van der Waals surface area contributed by atoms with Crippen LogP contribution in [0.1, 0.15) is 23.6 Å². The molecule has 2 N–H and O–H groups in total. The van der Waals surface area contributed by atoms with Crippen molar-refractivity contribution in [3.05, 3.63) is 46.2 Å². The number of ether oxygens (including phenoxy) is 1. The van der Waals surface area contributed by atoms with Crippen molar-refractivity contribution in [3.63, 3.8) is 0 Å². The Morgan fingerprint density at radius 3 is 2.80 bits per heavy atom. The first-order valence-electron chi connectivity index (χ1n) is 9.07. The Kier molecular flexibility index (Phi) is 6.57. The van der Waals surface area contributed by atoms with Crippen molar-refractivity contribution in [1.29, 1.82) is 0 Å². The minimum atomic E-state index is -5.24. The average Bonchev–Trinajstić information content (AvgIpc) is 2.69. The van der Waals surface area contributed by atoms with Crippen molar-refractivity contribution in [2.75, 3.05) is 11.9 Å². The molecule has 1 unspecified atom stereocenters. The summed E-state index contributed by atoms with van der Waals surface area (Å²) < 4.78 is 40.4. The van der Waals surface area contributed by atoms with E-state index in [-0.39, 0.29) is 17.5 Å². The molecule has 3 rings (SSSR count). The highest BCUT2D eigenvalue weighted by molar-refractivity contribution is 6.30. The largest absolute Gasteiger partial charge is 0.491 e. The summed E-state index contributed by atoms with van der Waals surface area (Å²) >= 11 is 6.14. The summed E-state index contributed by atoms with van der Waals surface area (Å²) in [5, 5.41) is 6.38. The molecule has 0 saturated heterocycles. The van der Waals surface area contributed by atoms with Crippen LogP contribution in [0.15, 0.2) is 24.4 Å². The van der Waals surface area contributed by atoms with E-state index in [4.69, 9.17) is 11.6 Å². The molecule has 1 aromatic carbocycles. The van der Waals surface area contributed by atoms with E-state index in [0.29, 0.717) is 5.56 Å². The first-order valence-corrected chi connectivity index (χ1v) is 9.45. The number of fused-ring (bicyclic) bond motifs is 1. The molecule has 0 bridgehead atoms. The van der Waals surface area contributed by atoms with Crippen LogP contribution in [0.25, 0.3) is 0 Å². The number of benzene rings is 1. The van der Waals surface area contributed by atoms with Crippen LogP contribution in [-0.2, 0) is 33.7 Å². The standard InChI is InChI=1S/C19H18ClF3N4O3/c1-10(16(28)30-17(29)19(21,22)23)6-13-9-25-18(27-15(13)20)26-14-3-2-11-4-5-24-8-12(11)7-14/h2-3,7,9-10,24H,4-6,8H2,1H3,(H,25,26,27). The molecule has 11 heteroatoms. The van der Waals surface area contributed by atoms with Crippen LogP contribution in [0.3, 0.4) is 0 Å². The van der Waals surface area contributed by atoms with Crippen molar-refractivity contribution < 1.29 is 27.5 Å². The number of carbonyl (C=O) groups excluding carboxylic acids is 2. The van der Waals surface area contributed by atoms with Crippen molar-refractivity contribution in [2.45, 2.75) is 32.5 Å². The molecule has 0 radical (unpaired) electrons. The first kappa shape index (κ1) is 22.0. The van der Waals surface area contributed by atoms with Gasteiger partial charge in [0, 0.05) is 24.0 Å². The predicted molar refractivity (Wildman–Crippen MR) is 102 cm³/mol. The maximum absolute atomic E-state index is 12.2. The van der Waals surface area contributed by atoms with Gasteiger partial charge in [-0.25, -0.2) is 14.8 Å². The zero-order valence-corrected chi connectivity index (χ0v) is 16.6. The highest BCUT2D eigenvalue weighted by Crippen LogP contribution is 2.24. The molecule has 2 aromatic rings. The fourth-order valence-corrected chi connectivity index (χ4v) is 3.14. The average molecular weight is 443 g/mol. The van der Waals surface area contributed by atoms with Crippen LogP contribution < -0.4 is 10.6 Å². The number of hydrogen-bond acceptors (Lipinski definition) is 7. The zero-order valence-electron chi connectivity index (χ0n) is 15.8. The quantitative estimate of drug-likeness (QED) is 0.417. The number of esters is 2. The van der Waals surface area contributed by atoms with Crippen LogP contribution in [-0.4, -0.2) is 34.6 Å². The second-order valence-electron chi connectivity index (χ2n) is 6.86. The zero-order chi connectivity index (χ0) is 21.9. The molecule has 1 aliphatic rings. The third-order valence-electron chi connectivity index (χ3n) is 4.51. The molecule has 0 saturated carbocycles. The number of halogens is 4. The molecule has 0 aliphatic carbocycles. The Morgan fingerprint density at radius 2 is 2.10 bits per heavy atom. The Hall–Kier alpha value is -2.72. The van der Waals surface area contributed by atoms with Gasteiger partial charge in [0.15, 0.2) is 0 Å². The molecule has 160 valence electrons. The first-order chi connectivity index (χ1) is 14.1. The number of aromatic nitrogens is 2. The van der Waals surface area contributed by atoms with E-state index >= 15 is 0 Å². The summed E-state index contributed by atoms with van der Waals surface area (Å²) in [4.78, 5) is 30.7. The van der Waals surface area contributed by atoms with Crippen LogP contribution in [0.4, 0.5) is 24.8 Å². The minimum absolute atomic E-state index is 0.0360. The van der Waals surface area contributed by atoms with E-state index < -0.39 is 24.0 Å². The molecule has 2 heterocycles. The Balaban J connectivity index is 1.64. The van der Waals surface area contributed by atoms with Gasteiger partial charge in [-0.15, -0.1) is 0 Å². The summed E-state index contributed by atoms with van der Waals surface area (Å²) in [5.74, 6) is -4.68. The van der Waals surface area contributed by atoms with E-state index in [1.54, 1.807) is 0 Å². The lowest BCUT2D eigenvalue weighted by Gasteiger charge is -2.18. The summed E-state index contributed by atoms with van der Waals surface area (Å²) in [6, 6.07) is 5.93. The normalized spacial score (nSPS) is 14.6. The topological polar surface area (TPSA) is 93.2 Å². The number of rotatable bonds is 5. The van der Waals surface area contributed by atoms with Crippen molar-refractivity contribution in [3.8, 4) is 0 Å². The molecule has 7 nitrogen and oxygen atoms in total. The summed E-state index contributed by atoms with van der Waals surface area (Å²) in [7, 11) is 0. The molecule has 0 fully saturated rings. The van der Waals surface area contributed by atoms with Gasteiger partial charge in [-0.05, 0) is 42.6 Å². The lowest BCUT2D eigenvalue weighted by Crippen LogP contribution is -2.30. The lowest BCUT2D eigenvalue weighted by molar-refractivity contribution is -0.203. The molecule has 30 heavy (non-hydrogen) atoms. The lowest BCUT2D eigenvalue weighted by atomic mass is 10.0. The fourth-order valence-electron chi connectivity index (χ4n) is 2.93. The van der Waals surface area contributed by atoms with Crippen LogP contribution in [0, 0.1) is 5.92 Å². The van der Waals surface area contributed by atoms with Crippen molar-refractivity contribution in [2.24, 2.45) is 5.92 Å². The molecule has 0 spiro atoms. The van der Waals surface area contributed by atoms with Gasteiger partial charge in [-0.1, -0.05) is 24.6 Å². The van der Waals surface area contributed by atoms with Gasteiger partial charge in [0.1, 0.15) is 5.15 Å². The number of nitrogens with zero attached hydrogens (tertiary/aromatic N) is 2. The number of alkyl halides is 3. The third kappa shape index (κ3) is 5.45.